The van der Waals surface area contributed by atoms with Crippen LogP contribution in [0.5, 0.6) is 23.0 Å². The summed E-state index contributed by atoms with van der Waals surface area (Å²) in [7, 11) is 1.56. The zero-order valence-corrected chi connectivity index (χ0v) is 23.7. The Labute approximate surface area is 240 Å². The molecule has 3 aliphatic rings. The Bertz CT molecular complexity index is 1290. The van der Waals surface area contributed by atoms with Crippen molar-refractivity contribution in [1.29, 1.82) is 0 Å². The molecule has 10 heteroatoms. The Balaban J connectivity index is 1.50. The minimum atomic E-state index is -0.800. The van der Waals surface area contributed by atoms with Crippen molar-refractivity contribution < 1.29 is 38.4 Å². The van der Waals surface area contributed by atoms with Crippen LogP contribution in [0.15, 0.2) is 42.0 Å². The van der Waals surface area contributed by atoms with E-state index in [9.17, 15) is 14.7 Å². The van der Waals surface area contributed by atoms with Crippen LogP contribution in [0.4, 0.5) is 0 Å². The van der Waals surface area contributed by atoms with Gasteiger partial charge in [-0.2, -0.15) is 0 Å². The number of aliphatic hydroxyl groups excluding tert-OH is 1. The number of amides is 1. The zero-order chi connectivity index (χ0) is 28.8. The Morgan fingerprint density at radius 1 is 0.951 bits per heavy atom. The van der Waals surface area contributed by atoms with Gasteiger partial charge in [-0.15, -0.1) is 0 Å². The van der Waals surface area contributed by atoms with Crippen molar-refractivity contribution in [2.24, 2.45) is 0 Å². The maximum Gasteiger partial charge on any atom is 0.295 e. The summed E-state index contributed by atoms with van der Waals surface area (Å²) in [5.74, 6) is 0.498. The number of aliphatic hydroxyl groups is 1. The van der Waals surface area contributed by atoms with Gasteiger partial charge in [0.25, 0.3) is 11.7 Å². The molecule has 3 aliphatic heterocycles. The van der Waals surface area contributed by atoms with Gasteiger partial charge in [-0.25, -0.2) is 0 Å². The van der Waals surface area contributed by atoms with Gasteiger partial charge in [-0.05, 0) is 48.7 Å². The number of hydrogen-bond donors (Lipinski definition) is 1. The van der Waals surface area contributed by atoms with E-state index in [4.69, 9.17) is 23.7 Å². The zero-order valence-electron chi connectivity index (χ0n) is 23.7. The molecule has 2 aromatic carbocycles. The Morgan fingerprint density at radius 3 is 2.49 bits per heavy atom. The van der Waals surface area contributed by atoms with E-state index in [-0.39, 0.29) is 11.3 Å². The number of ether oxygens (including phenoxy) is 5. The lowest BCUT2D eigenvalue weighted by Gasteiger charge is -2.29. The molecule has 0 spiro atoms. The van der Waals surface area contributed by atoms with Crippen molar-refractivity contribution in [2.75, 3.05) is 66.3 Å². The molecular weight excluding hydrogens is 528 g/mol. The second kappa shape index (κ2) is 13.3. The third-order valence-corrected chi connectivity index (χ3v) is 7.59. The molecule has 3 heterocycles. The first-order valence-electron chi connectivity index (χ1n) is 14.3. The van der Waals surface area contributed by atoms with Crippen molar-refractivity contribution in [3.05, 3.63) is 53.1 Å². The third kappa shape index (κ3) is 6.28. The van der Waals surface area contributed by atoms with Gasteiger partial charge in [0.05, 0.1) is 38.5 Å². The topological polar surface area (TPSA) is 107 Å². The van der Waals surface area contributed by atoms with Crippen LogP contribution in [0, 0.1) is 0 Å². The van der Waals surface area contributed by atoms with Gasteiger partial charge in [0.1, 0.15) is 19.0 Å². The molecule has 1 atom stereocenters. The molecule has 0 radical (unpaired) electrons. The number of nitrogens with zero attached hydrogens (tertiary/aromatic N) is 2. The first-order chi connectivity index (χ1) is 20.0. The second-order valence-electron chi connectivity index (χ2n) is 10.3. The molecule has 0 saturated carbocycles. The summed E-state index contributed by atoms with van der Waals surface area (Å²) >= 11 is 0. The normalized spacial score (nSPS) is 20.3. The maximum absolute atomic E-state index is 13.5. The van der Waals surface area contributed by atoms with Crippen LogP contribution in [-0.4, -0.2) is 92.9 Å². The number of unbranched alkanes of at least 4 members (excludes halogenated alkanes) is 1. The largest absolute Gasteiger partial charge is 0.507 e. The Kier molecular flexibility index (Phi) is 9.31. The van der Waals surface area contributed by atoms with Crippen molar-refractivity contribution in [2.45, 2.75) is 32.2 Å². The Morgan fingerprint density at radius 2 is 1.73 bits per heavy atom. The van der Waals surface area contributed by atoms with Gasteiger partial charge in [-0.3, -0.25) is 14.5 Å². The first kappa shape index (κ1) is 28.8. The molecule has 0 bridgehead atoms. The van der Waals surface area contributed by atoms with Gasteiger partial charge >= 0.3 is 0 Å². The van der Waals surface area contributed by atoms with E-state index >= 15 is 0 Å². The van der Waals surface area contributed by atoms with E-state index < -0.39 is 17.7 Å². The number of fused-ring (bicyclic) bond motifs is 1. The van der Waals surface area contributed by atoms with E-state index in [1.807, 2.05) is 6.07 Å². The van der Waals surface area contributed by atoms with E-state index in [0.717, 1.165) is 32.5 Å². The lowest BCUT2D eigenvalue weighted by atomic mass is 9.94. The molecule has 5 rings (SSSR count). The number of morpholine rings is 1. The molecule has 0 aromatic heterocycles. The summed E-state index contributed by atoms with van der Waals surface area (Å²) in [6, 6.07) is 9.60. The summed E-state index contributed by atoms with van der Waals surface area (Å²) < 4.78 is 28.3. The van der Waals surface area contributed by atoms with Crippen LogP contribution in [0.25, 0.3) is 5.76 Å². The third-order valence-electron chi connectivity index (χ3n) is 7.59. The smallest absolute Gasteiger partial charge is 0.295 e. The van der Waals surface area contributed by atoms with Gasteiger partial charge in [0.15, 0.2) is 23.0 Å². The van der Waals surface area contributed by atoms with Crippen molar-refractivity contribution in [3.63, 3.8) is 0 Å². The second-order valence-corrected chi connectivity index (χ2v) is 10.3. The molecule has 1 N–H and O–H groups in total. The number of Topliss-reactive ketones (excluding diaryl/α,β-unsaturated/α-hetero) is 1. The molecule has 41 heavy (non-hydrogen) atoms. The van der Waals surface area contributed by atoms with E-state index in [1.54, 1.807) is 42.3 Å². The van der Waals surface area contributed by atoms with E-state index in [1.165, 1.54) is 0 Å². The molecule has 2 fully saturated rings. The minimum Gasteiger partial charge on any atom is -0.507 e. The number of likely N-dealkylation sites (tertiary alicyclic amines) is 1. The number of hydrogen-bond acceptors (Lipinski definition) is 9. The highest BCUT2D eigenvalue weighted by Gasteiger charge is 2.46. The average Bonchev–Trinajstić information content (AvgIpc) is 3.26. The maximum atomic E-state index is 13.5. The number of methoxy groups -OCH3 is 1. The van der Waals surface area contributed by atoms with Crippen molar-refractivity contribution in [1.82, 2.24) is 9.80 Å². The fourth-order valence-corrected chi connectivity index (χ4v) is 5.39. The van der Waals surface area contributed by atoms with Crippen LogP contribution >= 0.6 is 0 Å². The highest BCUT2D eigenvalue weighted by molar-refractivity contribution is 6.46. The van der Waals surface area contributed by atoms with Gasteiger partial charge < -0.3 is 33.7 Å². The standard InChI is InChI=1S/C31H38N2O8/c1-3-4-14-39-23-8-6-21(19-25(23)37-2)28-27(29(34)22-7-9-24-26(20-22)41-18-17-40-24)30(35)31(36)33(28)11-5-10-32-12-15-38-16-13-32/h6-9,19-20,28,34H,3-5,10-18H2,1-2H3/t28-/m1/s1. The average molecular weight is 567 g/mol. The van der Waals surface area contributed by atoms with Crippen LogP contribution in [-0.2, 0) is 14.3 Å². The number of benzene rings is 2. The highest BCUT2D eigenvalue weighted by Crippen LogP contribution is 2.43. The molecule has 10 nitrogen and oxygen atoms in total. The van der Waals surface area contributed by atoms with Gasteiger partial charge in [0, 0.05) is 31.7 Å². The first-order valence-corrected chi connectivity index (χ1v) is 14.3. The van der Waals surface area contributed by atoms with E-state index in [0.29, 0.717) is 80.1 Å². The fourth-order valence-electron chi connectivity index (χ4n) is 5.39. The molecule has 2 aromatic rings. The van der Waals surface area contributed by atoms with Gasteiger partial charge in [0.2, 0.25) is 0 Å². The molecule has 0 aliphatic carbocycles. The summed E-state index contributed by atoms with van der Waals surface area (Å²) in [6.07, 6.45) is 2.58. The summed E-state index contributed by atoms with van der Waals surface area (Å²) in [5.41, 5.74) is 1.05. The van der Waals surface area contributed by atoms with Crippen LogP contribution < -0.4 is 18.9 Å². The van der Waals surface area contributed by atoms with Crippen LogP contribution in [0.3, 0.4) is 0 Å². The molecule has 2 saturated heterocycles. The highest BCUT2D eigenvalue weighted by atomic mass is 16.6. The van der Waals surface area contributed by atoms with E-state index in [2.05, 4.69) is 11.8 Å². The molecule has 220 valence electrons. The number of carbonyl (C=O) groups excluding carboxylic acids is 2. The molecular formula is C31H38N2O8. The summed E-state index contributed by atoms with van der Waals surface area (Å²) in [6.45, 7) is 7.64. The predicted molar refractivity (Wildman–Crippen MR) is 152 cm³/mol. The lowest BCUT2D eigenvalue weighted by Crippen LogP contribution is -2.39. The molecule has 1 amide bonds. The molecule has 0 unspecified atom stereocenters. The van der Waals surface area contributed by atoms with Crippen molar-refractivity contribution in [3.8, 4) is 23.0 Å². The quantitative estimate of drug-likeness (QED) is 0.188. The minimum absolute atomic E-state index is 0.0276. The fraction of sp³-hybridized carbons (Fsp3) is 0.484. The van der Waals surface area contributed by atoms with Crippen LogP contribution in [0.2, 0.25) is 0 Å². The number of rotatable bonds is 11. The Hall–Kier alpha value is -3.76. The monoisotopic (exact) mass is 566 g/mol. The van der Waals surface area contributed by atoms with Crippen molar-refractivity contribution >= 4 is 17.4 Å². The summed E-state index contributed by atoms with van der Waals surface area (Å²) in [4.78, 5) is 30.8. The van der Waals surface area contributed by atoms with Gasteiger partial charge in [-0.1, -0.05) is 19.4 Å². The number of ketones is 1. The number of carbonyl (C=O) groups is 2. The predicted octanol–water partition coefficient (Wildman–Crippen LogP) is 3.79. The SMILES string of the molecule is CCCCOc1ccc([C@@H]2C(=C(O)c3ccc4c(c3)OCCO4)C(=O)C(=O)N2CCCN2CCOCC2)cc1OC. The van der Waals surface area contributed by atoms with Crippen LogP contribution in [0.1, 0.15) is 43.4 Å². The lowest BCUT2D eigenvalue weighted by molar-refractivity contribution is -0.140. The summed E-state index contributed by atoms with van der Waals surface area (Å²) in [5, 5.41) is 11.5.